The molecule has 78 valence electrons. The number of para-hydroxylation sites is 1. The van der Waals surface area contributed by atoms with Crippen molar-refractivity contribution >= 4 is 5.69 Å². The van der Waals surface area contributed by atoms with Crippen LogP contribution < -0.4 is 5.73 Å². The summed E-state index contributed by atoms with van der Waals surface area (Å²) in [5.41, 5.74) is 7.36. The van der Waals surface area contributed by atoms with Gasteiger partial charge in [0.15, 0.2) is 0 Å². The van der Waals surface area contributed by atoms with Crippen LogP contribution in [0.2, 0.25) is 0 Å². The van der Waals surface area contributed by atoms with Gasteiger partial charge in [0.05, 0.1) is 6.10 Å². The first-order valence-electron chi connectivity index (χ1n) is 5.23. The summed E-state index contributed by atoms with van der Waals surface area (Å²) in [5.74, 6) is 0.305. The van der Waals surface area contributed by atoms with Gasteiger partial charge in [-0.05, 0) is 12.0 Å². The topological polar surface area (TPSA) is 46.2 Å². The van der Waals surface area contributed by atoms with Crippen LogP contribution in [0.1, 0.15) is 38.4 Å². The normalized spacial score (nSPS) is 13.1. The molecule has 2 nitrogen and oxygen atoms in total. The molecule has 0 aromatic heterocycles. The molecule has 3 N–H and O–H groups in total. The van der Waals surface area contributed by atoms with E-state index >= 15 is 0 Å². The molecule has 0 heterocycles. The zero-order valence-corrected chi connectivity index (χ0v) is 8.90. The van der Waals surface area contributed by atoms with Crippen LogP contribution in [0.15, 0.2) is 24.3 Å². The number of rotatable bonds is 4. The first-order chi connectivity index (χ1) is 6.70. The highest BCUT2D eigenvalue weighted by molar-refractivity contribution is 5.47. The minimum atomic E-state index is -0.425. The zero-order chi connectivity index (χ0) is 10.6. The smallest absolute Gasteiger partial charge is 0.0837 e. The van der Waals surface area contributed by atoms with E-state index in [1.54, 1.807) is 0 Å². The van der Waals surface area contributed by atoms with Gasteiger partial charge < -0.3 is 10.8 Å². The van der Waals surface area contributed by atoms with Crippen LogP contribution in [0, 0.1) is 5.92 Å². The first-order valence-corrected chi connectivity index (χ1v) is 5.23. The molecule has 1 rings (SSSR count). The highest BCUT2D eigenvalue weighted by atomic mass is 16.3. The van der Waals surface area contributed by atoms with Gasteiger partial charge in [-0.3, -0.25) is 0 Å². The summed E-state index contributed by atoms with van der Waals surface area (Å²) in [6, 6.07) is 7.54. The lowest BCUT2D eigenvalue weighted by Crippen LogP contribution is -2.12. The van der Waals surface area contributed by atoms with Crippen LogP contribution in [0.25, 0.3) is 0 Å². The van der Waals surface area contributed by atoms with Gasteiger partial charge in [-0.2, -0.15) is 0 Å². The third kappa shape index (κ3) is 2.26. The molecule has 0 saturated heterocycles. The van der Waals surface area contributed by atoms with Crippen molar-refractivity contribution in [3.8, 4) is 0 Å². The Morgan fingerprint density at radius 2 is 1.79 bits per heavy atom. The van der Waals surface area contributed by atoms with Crippen molar-refractivity contribution in [2.75, 3.05) is 5.73 Å². The van der Waals surface area contributed by atoms with Crippen LogP contribution in [-0.2, 0) is 0 Å². The van der Waals surface area contributed by atoms with Crippen molar-refractivity contribution in [2.24, 2.45) is 5.92 Å². The molecule has 1 aromatic carbocycles. The van der Waals surface area contributed by atoms with E-state index in [9.17, 15) is 5.11 Å². The SMILES string of the molecule is CCC(CC)C(O)c1ccccc1N. The number of nitrogens with two attached hydrogens (primary N) is 1. The highest BCUT2D eigenvalue weighted by Crippen LogP contribution is 2.30. The second-order valence-corrected chi connectivity index (χ2v) is 3.65. The molecule has 2 heteroatoms. The number of anilines is 1. The predicted octanol–water partition coefficient (Wildman–Crippen LogP) is 2.74. The van der Waals surface area contributed by atoms with E-state index in [2.05, 4.69) is 13.8 Å². The summed E-state index contributed by atoms with van der Waals surface area (Å²) >= 11 is 0. The average molecular weight is 193 g/mol. The summed E-state index contributed by atoms with van der Waals surface area (Å²) in [7, 11) is 0. The Labute approximate surface area is 85.8 Å². The molecule has 1 atom stereocenters. The number of benzene rings is 1. The fourth-order valence-electron chi connectivity index (χ4n) is 1.77. The van der Waals surface area contributed by atoms with Crippen LogP contribution in [-0.4, -0.2) is 5.11 Å². The molecular formula is C12H19NO. The Kier molecular flexibility index (Phi) is 3.96. The molecule has 1 unspecified atom stereocenters. The van der Waals surface area contributed by atoms with Crippen LogP contribution in [0.3, 0.4) is 0 Å². The van der Waals surface area contributed by atoms with Crippen molar-refractivity contribution in [3.63, 3.8) is 0 Å². The van der Waals surface area contributed by atoms with Crippen molar-refractivity contribution in [2.45, 2.75) is 32.8 Å². The van der Waals surface area contributed by atoms with Gasteiger partial charge >= 0.3 is 0 Å². The number of hydrogen-bond donors (Lipinski definition) is 2. The maximum atomic E-state index is 10.1. The maximum absolute atomic E-state index is 10.1. The quantitative estimate of drug-likeness (QED) is 0.722. The summed E-state index contributed by atoms with van der Waals surface area (Å²) in [5, 5.41) is 10.1. The number of nitrogen functional groups attached to an aromatic ring is 1. The van der Waals surface area contributed by atoms with Gasteiger partial charge in [-0.25, -0.2) is 0 Å². The lowest BCUT2D eigenvalue weighted by Gasteiger charge is -2.21. The molecule has 0 aliphatic heterocycles. The molecule has 14 heavy (non-hydrogen) atoms. The van der Waals surface area contributed by atoms with E-state index in [4.69, 9.17) is 5.73 Å². The van der Waals surface area contributed by atoms with Crippen molar-refractivity contribution in [3.05, 3.63) is 29.8 Å². The molecule has 0 amide bonds. The molecule has 0 aliphatic carbocycles. The number of aliphatic hydroxyl groups excluding tert-OH is 1. The number of hydrogen-bond acceptors (Lipinski definition) is 2. The Morgan fingerprint density at radius 1 is 1.21 bits per heavy atom. The van der Waals surface area contributed by atoms with Gasteiger partial charge in [0, 0.05) is 11.3 Å². The van der Waals surface area contributed by atoms with Gasteiger partial charge in [-0.15, -0.1) is 0 Å². The van der Waals surface area contributed by atoms with E-state index in [-0.39, 0.29) is 0 Å². The van der Waals surface area contributed by atoms with Crippen LogP contribution in [0.5, 0.6) is 0 Å². The predicted molar refractivity (Wildman–Crippen MR) is 59.9 cm³/mol. The number of aliphatic hydroxyl groups is 1. The lowest BCUT2D eigenvalue weighted by molar-refractivity contribution is 0.104. The summed E-state index contributed by atoms with van der Waals surface area (Å²) < 4.78 is 0. The molecule has 0 saturated carbocycles. The van der Waals surface area contributed by atoms with E-state index in [0.717, 1.165) is 18.4 Å². The van der Waals surface area contributed by atoms with E-state index in [0.29, 0.717) is 11.6 Å². The molecular weight excluding hydrogens is 174 g/mol. The van der Waals surface area contributed by atoms with Gasteiger partial charge in [0.1, 0.15) is 0 Å². The van der Waals surface area contributed by atoms with E-state index < -0.39 is 6.10 Å². The van der Waals surface area contributed by atoms with Crippen LogP contribution in [0.4, 0.5) is 5.69 Å². The molecule has 0 aliphatic rings. The second-order valence-electron chi connectivity index (χ2n) is 3.65. The zero-order valence-electron chi connectivity index (χ0n) is 8.90. The van der Waals surface area contributed by atoms with Gasteiger partial charge in [0.25, 0.3) is 0 Å². The Balaban J connectivity index is 2.88. The molecule has 0 fully saturated rings. The maximum Gasteiger partial charge on any atom is 0.0837 e. The van der Waals surface area contributed by atoms with E-state index in [1.807, 2.05) is 24.3 Å². The summed E-state index contributed by atoms with van der Waals surface area (Å²) in [6.45, 7) is 4.19. The van der Waals surface area contributed by atoms with Gasteiger partial charge in [0.2, 0.25) is 0 Å². The highest BCUT2D eigenvalue weighted by Gasteiger charge is 2.18. The third-order valence-corrected chi connectivity index (χ3v) is 2.81. The molecule has 0 spiro atoms. The molecule has 0 bridgehead atoms. The molecule has 0 radical (unpaired) electrons. The monoisotopic (exact) mass is 193 g/mol. The first kappa shape index (κ1) is 11.1. The Bertz CT molecular complexity index is 281. The minimum absolute atomic E-state index is 0.305. The van der Waals surface area contributed by atoms with Crippen molar-refractivity contribution in [1.29, 1.82) is 0 Å². The van der Waals surface area contributed by atoms with Gasteiger partial charge in [-0.1, -0.05) is 44.9 Å². The standard InChI is InChI=1S/C12H19NO/c1-3-9(4-2)12(14)10-7-5-6-8-11(10)13/h5-9,12,14H,3-4,13H2,1-2H3. The lowest BCUT2D eigenvalue weighted by atomic mass is 9.90. The third-order valence-electron chi connectivity index (χ3n) is 2.81. The molecule has 1 aromatic rings. The van der Waals surface area contributed by atoms with Crippen molar-refractivity contribution in [1.82, 2.24) is 0 Å². The average Bonchev–Trinajstić information content (AvgIpc) is 2.20. The van der Waals surface area contributed by atoms with Crippen LogP contribution >= 0.6 is 0 Å². The minimum Gasteiger partial charge on any atom is -0.398 e. The fraction of sp³-hybridized carbons (Fsp3) is 0.500. The largest absolute Gasteiger partial charge is 0.398 e. The Morgan fingerprint density at radius 3 is 2.29 bits per heavy atom. The fourth-order valence-corrected chi connectivity index (χ4v) is 1.77. The van der Waals surface area contributed by atoms with E-state index in [1.165, 1.54) is 0 Å². The summed E-state index contributed by atoms with van der Waals surface area (Å²) in [4.78, 5) is 0. The Hall–Kier alpha value is -1.02. The van der Waals surface area contributed by atoms with Crippen molar-refractivity contribution < 1.29 is 5.11 Å². The summed E-state index contributed by atoms with van der Waals surface area (Å²) in [6.07, 6.45) is 1.53. The second kappa shape index (κ2) is 5.01.